The molecule has 0 aliphatic carbocycles. The zero-order valence-corrected chi connectivity index (χ0v) is 9.80. The number of amides is 2. The minimum Gasteiger partial charge on any atom is -0.480 e. The topological polar surface area (TPSA) is 109 Å². The van der Waals surface area contributed by atoms with Crippen LogP contribution < -0.4 is 10.6 Å². The molecule has 0 aliphatic heterocycles. The van der Waals surface area contributed by atoms with Crippen molar-refractivity contribution in [3.8, 4) is 0 Å². The van der Waals surface area contributed by atoms with Crippen molar-refractivity contribution in [1.82, 2.24) is 10.6 Å². The molecule has 3 N–H and O–H groups in total. The van der Waals surface area contributed by atoms with Crippen LogP contribution in [0.4, 0.5) is 0 Å². The lowest BCUT2D eigenvalue weighted by atomic mass is 10.3. The largest absolute Gasteiger partial charge is 0.480 e. The third kappa shape index (κ3) is 4.28. The highest BCUT2D eigenvalue weighted by Crippen LogP contribution is 1.98. The Hall–Kier alpha value is -2.31. The Kier molecular flexibility index (Phi) is 4.91. The summed E-state index contributed by atoms with van der Waals surface area (Å²) < 4.78 is 4.74. The lowest BCUT2D eigenvalue weighted by molar-refractivity contribution is -0.141. The van der Waals surface area contributed by atoms with Gasteiger partial charge in [-0.05, 0) is 13.0 Å². The molecule has 1 atom stereocenters. The molecule has 0 saturated heterocycles. The molecule has 7 nitrogen and oxygen atoms in total. The van der Waals surface area contributed by atoms with Gasteiger partial charge in [0.05, 0.1) is 11.8 Å². The van der Waals surface area contributed by atoms with Crippen molar-refractivity contribution in [2.45, 2.75) is 19.4 Å². The Morgan fingerprint density at radius 3 is 2.72 bits per heavy atom. The zero-order valence-electron chi connectivity index (χ0n) is 9.80. The second-order valence-corrected chi connectivity index (χ2v) is 3.65. The van der Waals surface area contributed by atoms with Crippen LogP contribution in [-0.2, 0) is 9.59 Å². The first-order chi connectivity index (χ1) is 8.50. The van der Waals surface area contributed by atoms with Gasteiger partial charge in [-0.15, -0.1) is 0 Å². The number of carboxylic acid groups (broad SMARTS) is 1. The molecule has 1 aromatic heterocycles. The minimum absolute atomic E-state index is 0.0151. The quantitative estimate of drug-likeness (QED) is 0.661. The molecule has 7 heteroatoms. The summed E-state index contributed by atoms with van der Waals surface area (Å²) in [6.07, 6.45) is 2.68. The van der Waals surface area contributed by atoms with Gasteiger partial charge < -0.3 is 20.2 Å². The van der Waals surface area contributed by atoms with Gasteiger partial charge in [0.25, 0.3) is 5.91 Å². The van der Waals surface area contributed by atoms with Crippen LogP contribution in [-0.4, -0.2) is 35.5 Å². The van der Waals surface area contributed by atoms with Crippen LogP contribution >= 0.6 is 0 Å². The van der Waals surface area contributed by atoms with E-state index in [0.29, 0.717) is 5.56 Å². The molecule has 0 aliphatic rings. The molecule has 18 heavy (non-hydrogen) atoms. The number of aliphatic carboxylic acids is 1. The Bertz CT molecular complexity index is 427. The van der Waals surface area contributed by atoms with Gasteiger partial charge in [0.2, 0.25) is 5.91 Å². The molecule has 0 radical (unpaired) electrons. The summed E-state index contributed by atoms with van der Waals surface area (Å²) in [5.74, 6) is -1.88. The SMILES string of the molecule is C[C@H](NC(=O)CCNC(=O)c1ccoc1)C(=O)O. The van der Waals surface area contributed by atoms with E-state index in [-0.39, 0.29) is 18.9 Å². The van der Waals surface area contributed by atoms with Crippen molar-refractivity contribution in [3.63, 3.8) is 0 Å². The van der Waals surface area contributed by atoms with E-state index in [1.165, 1.54) is 25.5 Å². The van der Waals surface area contributed by atoms with Gasteiger partial charge in [0.1, 0.15) is 12.3 Å². The molecule has 0 saturated carbocycles. The van der Waals surface area contributed by atoms with Crippen LogP contribution in [0.25, 0.3) is 0 Å². The minimum atomic E-state index is -1.11. The lowest BCUT2D eigenvalue weighted by Gasteiger charge is -2.09. The maximum Gasteiger partial charge on any atom is 0.325 e. The van der Waals surface area contributed by atoms with E-state index in [1.807, 2.05) is 0 Å². The van der Waals surface area contributed by atoms with Crippen LogP contribution in [0.3, 0.4) is 0 Å². The highest BCUT2D eigenvalue weighted by Gasteiger charge is 2.14. The van der Waals surface area contributed by atoms with E-state index >= 15 is 0 Å². The molecular formula is C11H14N2O5. The van der Waals surface area contributed by atoms with Crippen molar-refractivity contribution < 1.29 is 23.9 Å². The van der Waals surface area contributed by atoms with E-state index in [4.69, 9.17) is 9.52 Å². The number of carboxylic acids is 1. The van der Waals surface area contributed by atoms with Gasteiger partial charge in [-0.1, -0.05) is 0 Å². The summed E-state index contributed by atoms with van der Waals surface area (Å²) in [6.45, 7) is 1.49. The number of furan rings is 1. The number of carbonyl (C=O) groups excluding carboxylic acids is 2. The molecular weight excluding hydrogens is 240 g/mol. The van der Waals surface area contributed by atoms with Crippen LogP contribution in [0.15, 0.2) is 23.0 Å². The van der Waals surface area contributed by atoms with Crippen molar-refractivity contribution in [1.29, 1.82) is 0 Å². The van der Waals surface area contributed by atoms with Crippen molar-refractivity contribution in [3.05, 3.63) is 24.2 Å². The van der Waals surface area contributed by atoms with Crippen LogP contribution in [0.1, 0.15) is 23.7 Å². The Morgan fingerprint density at radius 2 is 2.17 bits per heavy atom. The average Bonchev–Trinajstić information content (AvgIpc) is 2.81. The maximum atomic E-state index is 11.4. The summed E-state index contributed by atoms with van der Waals surface area (Å²) in [4.78, 5) is 33.2. The molecule has 98 valence electrons. The Balaban J connectivity index is 2.24. The first-order valence-corrected chi connectivity index (χ1v) is 5.33. The first-order valence-electron chi connectivity index (χ1n) is 5.33. The predicted molar refractivity (Wildman–Crippen MR) is 60.9 cm³/mol. The standard InChI is InChI=1S/C11H14N2O5/c1-7(11(16)17)13-9(14)2-4-12-10(15)8-3-5-18-6-8/h3,5-7H,2,4H2,1H3,(H,12,15)(H,13,14)(H,16,17)/t7-/m0/s1. The normalized spacial score (nSPS) is 11.6. The van der Waals surface area contributed by atoms with Crippen LogP contribution in [0, 0.1) is 0 Å². The zero-order chi connectivity index (χ0) is 13.5. The lowest BCUT2D eigenvalue weighted by Crippen LogP contribution is -2.39. The van der Waals surface area contributed by atoms with Gasteiger partial charge in [0.15, 0.2) is 0 Å². The third-order valence-corrected chi connectivity index (χ3v) is 2.17. The molecule has 0 bridgehead atoms. The van der Waals surface area contributed by atoms with Crippen LogP contribution in [0.2, 0.25) is 0 Å². The summed E-state index contributed by atoms with van der Waals surface area (Å²) in [5.41, 5.74) is 0.370. The highest BCUT2D eigenvalue weighted by atomic mass is 16.4. The average molecular weight is 254 g/mol. The van der Waals surface area contributed by atoms with E-state index in [1.54, 1.807) is 0 Å². The second-order valence-electron chi connectivity index (χ2n) is 3.65. The van der Waals surface area contributed by atoms with Gasteiger partial charge >= 0.3 is 5.97 Å². The number of nitrogens with one attached hydrogen (secondary N) is 2. The number of hydrogen-bond donors (Lipinski definition) is 3. The summed E-state index contributed by atoms with van der Waals surface area (Å²) in [6, 6.07) is 0.559. The van der Waals surface area contributed by atoms with E-state index in [0.717, 1.165) is 0 Å². The van der Waals surface area contributed by atoms with Crippen molar-refractivity contribution in [2.24, 2.45) is 0 Å². The number of rotatable bonds is 6. The highest BCUT2D eigenvalue weighted by molar-refractivity contribution is 5.94. The first kappa shape index (κ1) is 13.8. The molecule has 0 aromatic carbocycles. The second kappa shape index (κ2) is 6.43. The Labute approximate surface area is 103 Å². The summed E-state index contributed by atoms with van der Waals surface area (Å²) in [7, 11) is 0. The fourth-order valence-corrected chi connectivity index (χ4v) is 1.16. The molecule has 2 amide bonds. The van der Waals surface area contributed by atoms with Crippen molar-refractivity contribution >= 4 is 17.8 Å². The summed E-state index contributed by atoms with van der Waals surface area (Å²) >= 11 is 0. The van der Waals surface area contributed by atoms with E-state index in [9.17, 15) is 14.4 Å². The van der Waals surface area contributed by atoms with Gasteiger partial charge in [0, 0.05) is 13.0 Å². The van der Waals surface area contributed by atoms with Crippen LogP contribution in [0.5, 0.6) is 0 Å². The Morgan fingerprint density at radius 1 is 1.44 bits per heavy atom. The monoisotopic (exact) mass is 254 g/mol. The molecule has 0 unspecified atom stereocenters. The maximum absolute atomic E-state index is 11.4. The molecule has 0 fully saturated rings. The van der Waals surface area contributed by atoms with E-state index in [2.05, 4.69) is 10.6 Å². The van der Waals surface area contributed by atoms with Gasteiger partial charge in [-0.25, -0.2) is 0 Å². The fraction of sp³-hybridized carbons (Fsp3) is 0.364. The summed E-state index contributed by atoms with van der Waals surface area (Å²) in [5, 5.41) is 13.4. The molecule has 1 rings (SSSR count). The predicted octanol–water partition coefficient (Wildman–Crippen LogP) is -0.0112. The number of hydrogen-bond acceptors (Lipinski definition) is 4. The molecule has 1 aromatic rings. The van der Waals surface area contributed by atoms with Crippen molar-refractivity contribution in [2.75, 3.05) is 6.54 Å². The molecule has 0 spiro atoms. The van der Waals surface area contributed by atoms with Gasteiger partial charge in [-0.3, -0.25) is 14.4 Å². The third-order valence-electron chi connectivity index (χ3n) is 2.17. The molecule has 1 heterocycles. The fourth-order valence-electron chi connectivity index (χ4n) is 1.16. The number of carbonyl (C=O) groups is 3. The smallest absolute Gasteiger partial charge is 0.325 e. The van der Waals surface area contributed by atoms with Gasteiger partial charge in [-0.2, -0.15) is 0 Å². The van der Waals surface area contributed by atoms with E-state index < -0.39 is 17.9 Å².